The van der Waals surface area contributed by atoms with Crippen LogP contribution in [0.1, 0.15) is 45.9 Å². The SMILES string of the molecule is CCN(Cc1cc(C)c(OCc2ccc(C)cc2)c(C)c1)C(=O)C1CN(Cc2ccc(OCc3ccc(Cl)c(Cl)c3)cc2)C1. The molecule has 0 saturated carbocycles. The third-order valence-electron chi connectivity index (χ3n) is 8.12. The van der Waals surface area contributed by atoms with Gasteiger partial charge in [-0.1, -0.05) is 83.4 Å². The van der Waals surface area contributed by atoms with Gasteiger partial charge in [0.15, 0.2) is 0 Å². The topological polar surface area (TPSA) is 42.0 Å². The monoisotopic (exact) mass is 630 g/mol. The highest BCUT2D eigenvalue weighted by molar-refractivity contribution is 6.42. The summed E-state index contributed by atoms with van der Waals surface area (Å²) in [5, 5.41) is 1.06. The maximum atomic E-state index is 13.4. The van der Waals surface area contributed by atoms with E-state index < -0.39 is 0 Å². The molecular formula is C37H40Cl2N2O3. The predicted molar refractivity (Wildman–Crippen MR) is 179 cm³/mol. The van der Waals surface area contributed by atoms with Gasteiger partial charge in [-0.2, -0.15) is 0 Å². The molecule has 0 aromatic heterocycles. The van der Waals surface area contributed by atoms with E-state index in [0.29, 0.717) is 36.3 Å². The first kappa shape index (κ1) is 31.9. The van der Waals surface area contributed by atoms with Gasteiger partial charge < -0.3 is 14.4 Å². The van der Waals surface area contributed by atoms with Crippen molar-refractivity contribution in [1.82, 2.24) is 9.80 Å². The van der Waals surface area contributed by atoms with Crippen LogP contribution in [0.25, 0.3) is 0 Å². The minimum Gasteiger partial charge on any atom is -0.489 e. The predicted octanol–water partition coefficient (Wildman–Crippen LogP) is 8.56. The Bertz CT molecular complexity index is 1560. The van der Waals surface area contributed by atoms with Crippen LogP contribution in [-0.4, -0.2) is 35.3 Å². The smallest absolute Gasteiger partial charge is 0.228 e. The summed E-state index contributed by atoms with van der Waals surface area (Å²) in [6, 6.07) is 26.4. The van der Waals surface area contributed by atoms with Gasteiger partial charge in [-0.3, -0.25) is 9.69 Å². The van der Waals surface area contributed by atoms with Gasteiger partial charge in [0.25, 0.3) is 0 Å². The molecule has 5 rings (SSSR count). The maximum absolute atomic E-state index is 13.4. The number of nitrogens with zero attached hydrogens (tertiary/aromatic N) is 2. The summed E-state index contributed by atoms with van der Waals surface area (Å²) in [5.41, 5.74) is 7.87. The number of carbonyl (C=O) groups excluding carboxylic acids is 1. The number of likely N-dealkylation sites (tertiary alicyclic amines) is 1. The molecule has 0 N–H and O–H groups in total. The average Bonchev–Trinajstić information content (AvgIpc) is 2.99. The molecule has 0 spiro atoms. The number of ether oxygens (including phenoxy) is 2. The molecule has 4 aromatic rings. The average molecular weight is 632 g/mol. The summed E-state index contributed by atoms with van der Waals surface area (Å²) >= 11 is 12.1. The van der Waals surface area contributed by atoms with Crippen LogP contribution in [0.3, 0.4) is 0 Å². The zero-order chi connectivity index (χ0) is 31.2. The number of rotatable bonds is 12. The van der Waals surface area contributed by atoms with Crippen LogP contribution in [0.2, 0.25) is 10.0 Å². The van der Waals surface area contributed by atoms with Crippen molar-refractivity contribution in [3.05, 3.63) is 128 Å². The maximum Gasteiger partial charge on any atom is 0.228 e. The number of halogens is 2. The van der Waals surface area contributed by atoms with E-state index in [2.05, 4.69) is 81.1 Å². The Labute approximate surface area is 271 Å². The third kappa shape index (κ3) is 8.15. The van der Waals surface area contributed by atoms with Crippen molar-refractivity contribution in [2.45, 2.75) is 54.0 Å². The largest absolute Gasteiger partial charge is 0.489 e. The number of amides is 1. The van der Waals surface area contributed by atoms with E-state index in [4.69, 9.17) is 32.7 Å². The molecule has 1 fully saturated rings. The van der Waals surface area contributed by atoms with Crippen molar-refractivity contribution in [2.75, 3.05) is 19.6 Å². The Kier molecular flexibility index (Phi) is 10.5. The molecule has 1 aliphatic heterocycles. The Balaban J connectivity index is 1.09. The lowest BCUT2D eigenvalue weighted by atomic mass is 9.97. The van der Waals surface area contributed by atoms with Crippen molar-refractivity contribution < 1.29 is 14.3 Å². The minimum atomic E-state index is 0.0306. The molecule has 0 aliphatic carbocycles. The van der Waals surface area contributed by atoms with Crippen LogP contribution in [0.5, 0.6) is 11.5 Å². The first-order valence-corrected chi connectivity index (χ1v) is 15.9. The van der Waals surface area contributed by atoms with Crippen molar-refractivity contribution in [2.24, 2.45) is 5.92 Å². The van der Waals surface area contributed by atoms with Crippen LogP contribution in [-0.2, 0) is 31.1 Å². The van der Waals surface area contributed by atoms with Gasteiger partial charge in [-0.25, -0.2) is 0 Å². The molecular weight excluding hydrogens is 591 g/mol. The number of aryl methyl sites for hydroxylation is 3. The number of carbonyl (C=O) groups is 1. The quantitative estimate of drug-likeness (QED) is 0.157. The number of hydrogen-bond donors (Lipinski definition) is 0. The highest BCUT2D eigenvalue weighted by atomic mass is 35.5. The second kappa shape index (κ2) is 14.5. The highest BCUT2D eigenvalue weighted by Crippen LogP contribution is 2.28. The van der Waals surface area contributed by atoms with E-state index in [1.54, 1.807) is 6.07 Å². The van der Waals surface area contributed by atoms with Crippen LogP contribution < -0.4 is 9.47 Å². The van der Waals surface area contributed by atoms with E-state index in [1.165, 1.54) is 11.1 Å². The summed E-state index contributed by atoms with van der Waals surface area (Å²) in [6.45, 7) is 12.9. The van der Waals surface area contributed by atoms with Crippen LogP contribution in [0.15, 0.2) is 78.9 Å². The molecule has 0 radical (unpaired) electrons. The Morgan fingerprint density at radius 1 is 0.773 bits per heavy atom. The minimum absolute atomic E-state index is 0.0306. The Hall–Kier alpha value is -3.51. The zero-order valence-electron chi connectivity index (χ0n) is 25.9. The standard InChI is InChI=1S/C37H40Cl2N2O3/c1-5-41(20-31-16-26(3)36(27(4)17-31)44-23-29-8-6-25(2)7-9-29)37(42)32-21-40(22-32)19-28-10-13-33(14-11-28)43-24-30-12-15-34(38)35(39)18-30/h6-18,32H,5,19-24H2,1-4H3. The number of hydrogen-bond acceptors (Lipinski definition) is 4. The molecule has 1 aliphatic rings. The molecule has 1 saturated heterocycles. The number of benzene rings is 4. The fraction of sp³-hybridized carbons (Fsp3) is 0.324. The fourth-order valence-electron chi connectivity index (χ4n) is 5.62. The lowest BCUT2D eigenvalue weighted by Crippen LogP contribution is -2.53. The van der Waals surface area contributed by atoms with Gasteiger partial charge in [0.2, 0.25) is 5.91 Å². The van der Waals surface area contributed by atoms with Gasteiger partial charge in [0, 0.05) is 32.7 Å². The van der Waals surface area contributed by atoms with E-state index in [1.807, 2.05) is 29.2 Å². The molecule has 1 amide bonds. The normalized spacial score (nSPS) is 13.4. The summed E-state index contributed by atoms with van der Waals surface area (Å²) < 4.78 is 12.1. The molecule has 7 heteroatoms. The van der Waals surface area contributed by atoms with Gasteiger partial charge in [-0.15, -0.1) is 0 Å². The molecule has 1 heterocycles. The van der Waals surface area contributed by atoms with Gasteiger partial charge >= 0.3 is 0 Å². The lowest BCUT2D eigenvalue weighted by molar-refractivity contribution is -0.141. The molecule has 0 atom stereocenters. The first-order valence-electron chi connectivity index (χ1n) is 15.1. The van der Waals surface area contributed by atoms with Crippen LogP contribution in [0, 0.1) is 26.7 Å². The van der Waals surface area contributed by atoms with E-state index >= 15 is 0 Å². The van der Waals surface area contributed by atoms with Gasteiger partial charge in [0.1, 0.15) is 24.7 Å². The fourth-order valence-corrected chi connectivity index (χ4v) is 5.94. The summed E-state index contributed by atoms with van der Waals surface area (Å²) in [6.07, 6.45) is 0. The molecule has 44 heavy (non-hydrogen) atoms. The van der Waals surface area contributed by atoms with E-state index in [9.17, 15) is 4.79 Å². The molecule has 0 unspecified atom stereocenters. The van der Waals surface area contributed by atoms with Crippen LogP contribution in [0.4, 0.5) is 0 Å². The molecule has 5 nitrogen and oxygen atoms in total. The Morgan fingerprint density at radius 3 is 2.02 bits per heavy atom. The zero-order valence-corrected chi connectivity index (χ0v) is 27.4. The Morgan fingerprint density at radius 2 is 1.39 bits per heavy atom. The molecule has 4 aromatic carbocycles. The summed E-state index contributed by atoms with van der Waals surface area (Å²) in [7, 11) is 0. The molecule has 230 valence electrons. The van der Waals surface area contributed by atoms with Crippen LogP contribution >= 0.6 is 23.2 Å². The second-order valence-corrected chi connectivity index (χ2v) is 12.6. The summed E-state index contributed by atoms with van der Waals surface area (Å²) in [4.78, 5) is 17.7. The molecule has 0 bridgehead atoms. The van der Waals surface area contributed by atoms with Crippen molar-refractivity contribution >= 4 is 29.1 Å². The summed E-state index contributed by atoms with van der Waals surface area (Å²) in [5.74, 6) is 1.98. The van der Waals surface area contributed by atoms with Crippen molar-refractivity contribution in [3.8, 4) is 11.5 Å². The highest BCUT2D eigenvalue weighted by Gasteiger charge is 2.35. The van der Waals surface area contributed by atoms with E-state index in [0.717, 1.165) is 59.0 Å². The second-order valence-electron chi connectivity index (χ2n) is 11.8. The lowest BCUT2D eigenvalue weighted by Gasteiger charge is -2.40. The van der Waals surface area contributed by atoms with Gasteiger partial charge in [0.05, 0.1) is 16.0 Å². The van der Waals surface area contributed by atoms with Crippen molar-refractivity contribution in [3.63, 3.8) is 0 Å². The third-order valence-corrected chi connectivity index (χ3v) is 8.86. The van der Waals surface area contributed by atoms with E-state index in [-0.39, 0.29) is 11.8 Å². The van der Waals surface area contributed by atoms with Gasteiger partial charge in [-0.05, 0) is 85.3 Å². The van der Waals surface area contributed by atoms with Crippen molar-refractivity contribution in [1.29, 1.82) is 0 Å². The first-order chi connectivity index (χ1) is 21.2.